The Balaban J connectivity index is 1.41. The number of aryl methyl sites for hydroxylation is 1. The summed E-state index contributed by atoms with van der Waals surface area (Å²) in [7, 11) is 0. The fraction of sp³-hybridized carbons (Fsp3) is 0.194. The lowest BCUT2D eigenvalue weighted by molar-refractivity contribution is 0.288. The number of benzene rings is 2. The van der Waals surface area contributed by atoms with Crippen LogP contribution in [0.4, 0.5) is 0 Å². The van der Waals surface area contributed by atoms with E-state index in [-0.39, 0.29) is 5.56 Å². The molecular formula is C31H28N6O2S. The van der Waals surface area contributed by atoms with Crippen LogP contribution in [0.5, 0.6) is 5.75 Å². The van der Waals surface area contributed by atoms with Gasteiger partial charge in [0.15, 0.2) is 5.82 Å². The van der Waals surface area contributed by atoms with Gasteiger partial charge in [-0.05, 0) is 73.4 Å². The van der Waals surface area contributed by atoms with E-state index in [4.69, 9.17) is 9.84 Å². The maximum Gasteiger partial charge on any atom is 0.291 e. The van der Waals surface area contributed by atoms with Crippen LogP contribution in [0.3, 0.4) is 0 Å². The lowest BCUT2D eigenvalue weighted by Crippen LogP contribution is -2.23. The first-order valence-electron chi connectivity index (χ1n) is 13.2. The normalized spacial score (nSPS) is 12.1. The van der Waals surface area contributed by atoms with Gasteiger partial charge in [-0.15, -0.1) is 5.10 Å². The molecular weight excluding hydrogens is 520 g/mol. The zero-order chi connectivity index (χ0) is 27.6. The third-order valence-corrected chi connectivity index (χ3v) is 7.53. The van der Waals surface area contributed by atoms with Gasteiger partial charge in [0, 0.05) is 35.3 Å². The molecule has 0 amide bonds. The first kappa shape index (κ1) is 25.6. The predicted octanol–water partition coefficient (Wildman–Crippen LogP) is 5.35. The van der Waals surface area contributed by atoms with E-state index < -0.39 is 0 Å². The average Bonchev–Trinajstić information content (AvgIpc) is 3.65. The first-order valence-corrected chi connectivity index (χ1v) is 14.0. The van der Waals surface area contributed by atoms with Crippen LogP contribution in [0.1, 0.15) is 31.4 Å². The third kappa shape index (κ3) is 5.15. The number of thiazole rings is 1. The molecule has 6 aromatic rings. The average molecular weight is 549 g/mol. The molecule has 0 aliphatic heterocycles. The molecule has 40 heavy (non-hydrogen) atoms. The molecule has 6 rings (SSSR count). The number of hydrogen-bond acceptors (Lipinski definition) is 7. The second-order valence-corrected chi connectivity index (χ2v) is 11.0. The summed E-state index contributed by atoms with van der Waals surface area (Å²) < 4.78 is 9.77. The van der Waals surface area contributed by atoms with Crippen molar-refractivity contribution in [2.24, 2.45) is 5.92 Å². The number of ether oxygens (including phenoxy) is 1. The lowest BCUT2D eigenvalue weighted by Gasteiger charge is -2.11. The van der Waals surface area contributed by atoms with Crippen molar-refractivity contribution >= 4 is 22.4 Å². The van der Waals surface area contributed by atoms with Gasteiger partial charge in [-0.3, -0.25) is 9.78 Å². The van der Waals surface area contributed by atoms with E-state index in [1.807, 2.05) is 78.5 Å². The first-order chi connectivity index (χ1) is 19.5. The molecule has 0 saturated carbocycles. The minimum absolute atomic E-state index is 0.212. The fourth-order valence-corrected chi connectivity index (χ4v) is 5.29. The molecule has 0 atom stereocenters. The number of nitrogens with zero attached hydrogens (tertiary/aromatic N) is 6. The molecule has 2 aromatic carbocycles. The van der Waals surface area contributed by atoms with Crippen molar-refractivity contribution in [3.05, 3.63) is 105 Å². The molecule has 0 fully saturated rings. The van der Waals surface area contributed by atoms with Crippen LogP contribution in [0, 0.1) is 12.8 Å². The van der Waals surface area contributed by atoms with E-state index in [1.165, 1.54) is 15.9 Å². The van der Waals surface area contributed by atoms with Crippen LogP contribution in [0.25, 0.3) is 39.4 Å². The number of fused-ring (bicyclic) bond motifs is 1. The minimum atomic E-state index is -0.212. The van der Waals surface area contributed by atoms with E-state index in [0.717, 1.165) is 45.8 Å². The third-order valence-electron chi connectivity index (χ3n) is 6.57. The largest absolute Gasteiger partial charge is 0.493 e. The van der Waals surface area contributed by atoms with Gasteiger partial charge >= 0.3 is 0 Å². The quantitative estimate of drug-likeness (QED) is 0.255. The Morgan fingerprint density at radius 3 is 2.52 bits per heavy atom. The Hall–Kier alpha value is -4.63. The summed E-state index contributed by atoms with van der Waals surface area (Å²) >= 11 is 1.31. The van der Waals surface area contributed by atoms with Crippen LogP contribution in [-0.2, 0) is 0 Å². The molecule has 0 aliphatic carbocycles. The molecule has 0 aliphatic rings. The summed E-state index contributed by atoms with van der Waals surface area (Å²) in [5, 5.41) is 9.39. The molecule has 4 heterocycles. The maximum atomic E-state index is 13.3. The number of rotatable bonds is 8. The van der Waals surface area contributed by atoms with E-state index in [1.54, 1.807) is 12.4 Å². The second kappa shape index (κ2) is 10.9. The van der Waals surface area contributed by atoms with Gasteiger partial charge in [0.1, 0.15) is 11.4 Å². The maximum absolute atomic E-state index is 13.3. The van der Waals surface area contributed by atoms with E-state index in [0.29, 0.717) is 27.8 Å². The van der Waals surface area contributed by atoms with Crippen molar-refractivity contribution in [2.75, 3.05) is 6.61 Å². The molecule has 8 nitrogen and oxygen atoms in total. The molecule has 0 unspecified atom stereocenters. The number of aromatic nitrogens is 6. The van der Waals surface area contributed by atoms with Crippen molar-refractivity contribution in [3.8, 4) is 34.1 Å². The van der Waals surface area contributed by atoms with Crippen molar-refractivity contribution in [1.29, 1.82) is 0 Å². The highest BCUT2D eigenvalue weighted by Crippen LogP contribution is 2.29. The highest BCUT2D eigenvalue weighted by Gasteiger charge is 2.16. The SMILES string of the molecule is Cc1cc(-c2nn(-c3ccccc3)cc2/C=c2\sc3nc(-c4ccncc4)nn3c2=O)ccc1OCCC(C)C. The van der Waals surface area contributed by atoms with Crippen LogP contribution in [0.2, 0.25) is 0 Å². The Kier molecular flexibility index (Phi) is 6.96. The Morgan fingerprint density at radius 1 is 1.00 bits per heavy atom. The summed E-state index contributed by atoms with van der Waals surface area (Å²) in [5.41, 5.74) is 5.12. The van der Waals surface area contributed by atoms with Crippen molar-refractivity contribution in [2.45, 2.75) is 27.2 Å². The topological polar surface area (TPSA) is 87.2 Å². The van der Waals surface area contributed by atoms with Gasteiger partial charge in [0.2, 0.25) is 4.96 Å². The zero-order valence-corrected chi connectivity index (χ0v) is 23.3. The number of pyridine rings is 1. The molecule has 0 N–H and O–H groups in total. The molecule has 0 bridgehead atoms. The smallest absolute Gasteiger partial charge is 0.291 e. The van der Waals surface area contributed by atoms with Crippen molar-refractivity contribution in [3.63, 3.8) is 0 Å². The highest BCUT2D eigenvalue weighted by molar-refractivity contribution is 7.15. The molecule has 0 spiro atoms. The van der Waals surface area contributed by atoms with E-state index in [2.05, 4.69) is 35.0 Å². The summed E-state index contributed by atoms with van der Waals surface area (Å²) in [4.78, 5) is 22.5. The number of para-hydroxylation sites is 1. The van der Waals surface area contributed by atoms with Crippen LogP contribution >= 0.6 is 11.3 Å². The van der Waals surface area contributed by atoms with Crippen molar-refractivity contribution in [1.82, 2.24) is 29.4 Å². The second-order valence-electron chi connectivity index (χ2n) is 10.0. The number of hydrogen-bond donors (Lipinski definition) is 0. The monoisotopic (exact) mass is 548 g/mol. The molecule has 0 saturated heterocycles. The Morgan fingerprint density at radius 2 is 1.80 bits per heavy atom. The summed E-state index contributed by atoms with van der Waals surface area (Å²) in [5.74, 6) is 1.96. The van der Waals surface area contributed by atoms with Crippen LogP contribution in [-0.4, -0.2) is 36.0 Å². The summed E-state index contributed by atoms with van der Waals surface area (Å²) in [6.07, 6.45) is 8.19. The van der Waals surface area contributed by atoms with E-state index in [9.17, 15) is 4.79 Å². The molecule has 9 heteroatoms. The van der Waals surface area contributed by atoms with Crippen LogP contribution < -0.4 is 14.8 Å². The zero-order valence-electron chi connectivity index (χ0n) is 22.5. The fourth-order valence-electron chi connectivity index (χ4n) is 4.39. The lowest BCUT2D eigenvalue weighted by atomic mass is 10.0. The van der Waals surface area contributed by atoms with E-state index >= 15 is 0 Å². The Bertz CT molecular complexity index is 1890. The van der Waals surface area contributed by atoms with Crippen LogP contribution in [0.15, 0.2) is 84.0 Å². The Labute approximate surface area is 235 Å². The standard InChI is InChI=1S/C31H28N6O2S/c1-20(2)13-16-39-26-10-9-23(17-21(26)3)28-24(19-36(34-28)25-7-5-4-6-8-25)18-27-30(38)37-31(40-27)33-29(35-37)22-11-14-32-15-12-22/h4-12,14-15,17-20H,13,16H2,1-3H3/b27-18-. The minimum Gasteiger partial charge on any atom is -0.493 e. The van der Waals surface area contributed by atoms with Gasteiger partial charge < -0.3 is 4.74 Å². The van der Waals surface area contributed by atoms with Gasteiger partial charge in [0.25, 0.3) is 5.56 Å². The van der Waals surface area contributed by atoms with Gasteiger partial charge in [-0.1, -0.05) is 43.4 Å². The van der Waals surface area contributed by atoms with Gasteiger partial charge in [-0.25, -0.2) is 4.68 Å². The predicted molar refractivity (Wildman–Crippen MR) is 158 cm³/mol. The van der Waals surface area contributed by atoms with Gasteiger partial charge in [-0.2, -0.15) is 14.6 Å². The summed E-state index contributed by atoms with van der Waals surface area (Å²) in [6, 6.07) is 19.7. The van der Waals surface area contributed by atoms with Gasteiger partial charge in [0.05, 0.1) is 16.8 Å². The highest BCUT2D eigenvalue weighted by atomic mass is 32.1. The molecule has 0 radical (unpaired) electrons. The molecule has 4 aromatic heterocycles. The van der Waals surface area contributed by atoms with Crippen molar-refractivity contribution < 1.29 is 4.74 Å². The molecule has 200 valence electrons. The summed E-state index contributed by atoms with van der Waals surface area (Å²) in [6.45, 7) is 7.11.